The van der Waals surface area contributed by atoms with Crippen molar-refractivity contribution in [1.29, 1.82) is 0 Å². The molecule has 0 aromatic rings. The van der Waals surface area contributed by atoms with Crippen molar-refractivity contribution in [2.24, 2.45) is 0 Å². The van der Waals surface area contributed by atoms with Crippen LogP contribution in [0.15, 0.2) is 46.7 Å². The van der Waals surface area contributed by atoms with Crippen LogP contribution in [0.25, 0.3) is 0 Å². The topological polar surface area (TPSA) is 45.2 Å². The van der Waals surface area contributed by atoms with Crippen LogP contribution in [0.4, 0.5) is 4.79 Å². The maximum absolute atomic E-state index is 12.2. The molecule has 31 heavy (non-hydrogen) atoms. The van der Waals surface area contributed by atoms with Crippen LogP contribution < -0.4 is 0 Å². The molecule has 6 nitrogen and oxygen atoms in total. The van der Waals surface area contributed by atoms with Gasteiger partial charge < -0.3 is 24.2 Å². The molecule has 0 spiro atoms. The van der Waals surface area contributed by atoms with Gasteiger partial charge in [-0.1, -0.05) is 23.8 Å². The number of ether oxygens (including phenoxy) is 2. The summed E-state index contributed by atoms with van der Waals surface area (Å²) in [5.74, 6) is 0.834. The van der Waals surface area contributed by atoms with Crippen molar-refractivity contribution in [3.63, 3.8) is 0 Å². The zero-order valence-electron chi connectivity index (χ0n) is 20.1. The Morgan fingerprint density at radius 2 is 1.84 bits per heavy atom. The normalized spacial score (nSPS) is 19.3. The van der Waals surface area contributed by atoms with Crippen molar-refractivity contribution in [2.75, 3.05) is 32.8 Å². The molecule has 0 radical (unpaired) electrons. The van der Waals surface area contributed by atoms with E-state index in [-0.39, 0.29) is 18.2 Å². The molecule has 0 bridgehead atoms. The molecule has 1 amide bonds. The highest BCUT2D eigenvalue weighted by molar-refractivity contribution is 6.17. The fourth-order valence-electron chi connectivity index (χ4n) is 4.06. The first kappa shape index (κ1) is 25.2. The number of carbonyl (C=O) groups excluding carboxylic acids is 1. The van der Waals surface area contributed by atoms with Gasteiger partial charge in [-0.2, -0.15) is 0 Å². The summed E-state index contributed by atoms with van der Waals surface area (Å²) in [4.78, 5) is 18.6. The molecule has 1 aliphatic carbocycles. The van der Waals surface area contributed by atoms with Gasteiger partial charge in [0.25, 0.3) is 0 Å². The van der Waals surface area contributed by atoms with E-state index in [4.69, 9.17) is 21.1 Å². The van der Waals surface area contributed by atoms with Crippen LogP contribution in [-0.4, -0.2) is 65.7 Å². The van der Waals surface area contributed by atoms with Crippen LogP contribution in [0.3, 0.4) is 0 Å². The fraction of sp³-hybridized carbons (Fsp3) is 0.625. The van der Waals surface area contributed by atoms with Crippen molar-refractivity contribution in [3.05, 3.63) is 46.7 Å². The van der Waals surface area contributed by atoms with E-state index in [1.807, 2.05) is 13.8 Å². The van der Waals surface area contributed by atoms with Crippen molar-refractivity contribution in [1.82, 2.24) is 14.7 Å². The number of piperazine rings is 1. The maximum atomic E-state index is 12.2. The second-order valence-corrected chi connectivity index (χ2v) is 9.08. The summed E-state index contributed by atoms with van der Waals surface area (Å²) in [6, 6.07) is 0.337. The third-order valence-electron chi connectivity index (χ3n) is 5.46. The standard InChI is InChI=1S/C24H38ClN3O3/c1-16(2)13-28(20-9-10-20)22(18(5)6)23(30-8)21(17(3)4)26-11-12-27(19(7)14-26)24(29)31-15-25/h13,19-20H,3,9-12,14-15H2,1-2,4-8H3/b23-21-. The van der Waals surface area contributed by atoms with Gasteiger partial charge in [-0.05, 0) is 65.5 Å². The summed E-state index contributed by atoms with van der Waals surface area (Å²) in [6.45, 7) is 18.7. The van der Waals surface area contributed by atoms with Crippen LogP contribution in [0.1, 0.15) is 54.4 Å². The Labute approximate surface area is 192 Å². The lowest BCUT2D eigenvalue weighted by Gasteiger charge is -2.42. The first-order chi connectivity index (χ1) is 14.6. The van der Waals surface area contributed by atoms with E-state index < -0.39 is 0 Å². The van der Waals surface area contributed by atoms with Gasteiger partial charge in [0, 0.05) is 37.9 Å². The Kier molecular flexibility index (Phi) is 8.92. The molecule has 1 unspecified atom stereocenters. The molecule has 1 saturated heterocycles. The van der Waals surface area contributed by atoms with Gasteiger partial charge in [-0.3, -0.25) is 0 Å². The van der Waals surface area contributed by atoms with Gasteiger partial charge >= 0.3 is 6.09 Å². The van der Waals surface area contributed by atoms with E-state index in [0.717, 1.165) is 22.7 Å². The third-order valence-corrected chi connectivity index (χ3v) is 5.57. The van der Waals surface area contributed by atoms with E-state index in [1.54, 1.807) is 12.0 Å². The van der Waals surface area contributed by atoms with E-state index >= 15 is 0 Å². The number of allylic oxidation sites excluding steroid dienone is 3. The Bertz CT molecular complexity index is 775. The molecule has 174 valence electrons. The minimum absolute atomic E-state index is 0.0237. The van der Waals surface area contributed by atoms with Crippen molar-refractivity contribution < 1.29 is 14.3 Å². The average molecular weight is 452 g/mol. The van der Waals surface area contributed by atoms with Gasteiger partial charge in [-0.25, -0.2) is 4.79 Å². The summed E-state index contributed by atoms with van der Waals surface area (Å²) in [6.07, 6.45) is 4.21. The molecule has 0 N–H and O–H groups in total. The second kappa shape index (κ2) is 11.0. The quantitative estimate of drug-likeness (QED) is 0.279. The second-order valence-electron chi connectivity index (χ2n) is 8.86. The number of amides is 1. The summed E-state index contributed by atoms with van der Waals surface area (Å²) in [7, 11) is 1.73. The highest BCUT2D eigenvalue weighted by Crippen LogP contribution is 2.37. The molecule has 1 saturated carbocycles. The summed E-state index contributed by atoms with van der Waals surface area (Å²) < 4.78 is 11.1. The molecule has 2 aliphatic rings. The molecule has 2 fully saturated rings. The smallest absolute Gasteiger partial charge is 0.411 e. The lowest BCUT2D eigenvalue weighted by atomic mass is 10.1. The Morgan fingerprint density at radius 1 is 1.19 bits per heavy atom. The van der Waals surface area contributed by atoms with Gasteiger partial charge in [0.1, 0.15) is 0 Å². The van der Waals surface area contributed by atoms with Crippen LogP contribution in [-0.2, 0) is 9.47 Å². The molecular weight excluding hydrogens is 414 g/mol. The Balaban J connectivity index is 2.46. The number of rotatable bonds is 8. The predicted molar refractivity (Wildman–Crippen MR) is 126 cm³/mol. The number of nitrogens with zero attached hydrogens (tertiary/aromatic N) is 3. The van der Waals surface area contributed by atoms with Gasteiger partial charge in [0.15, 0.2) is 11.8 Å². The van der Waals surface area contributed by atoms with Gasteiger partial charge in [-0.15, -0.1) is 0 Å². The van der Waals surface area contributed by atoms with Crippen LogP contribution >= 0.6 is 11.6 Å². The number of carbonyl (C=O) groups is 1. The zero-order chi connectivity index (χ0) is 23.3. The minimum atomic E-state index is -0.372. The molecular formula is C24H38ClN3O3. The van der Waals surface area contributed by atoms with Crippen LogP contribution in [0, 0.1) is 0 Å². The number of halogens is 1. The number of hydrogen-bond donors (Lipinski definition) is 0. The third kappa shape index (κ3) is 6.22. The van der Waals surface area contributed by atoms with Crippen LogP contribution in [0.5, 0.6) is 0 Å². The van der Waals surface area contributed by atoms with E-state index in [1.165, 1.54) is 24.0 Å². The van der Waals surface area contributed by atoms with E-state index in [2.05, 4.69) is 50.3 Å². The molecule has 1 atom stereocenters. The molecule has 2 rings (SSSR count). The van der Waals surface area contributed by atoms with Crippen molar-refractivity contribution >= 4 is 17.7 Å². The lowest BCUT2D eigenvalue weighted by Crippen LogP contribution is -2.54. The SMILES string of the molecule is C=C(C)/C(=C(/OC)C(=C(C)C)N(C=C(C)C)C1CC1)N1CCN(C(=O)OCCl)C(C)C1. The average Bonchev–Trinajstić information content (AvgIpc) is 3.51. The largest absolute Gasteiger partial charge is 0.492 e. The molecule has 0 aromatic carbocycles. The van der Waals surface area contributed by atoms with Crippen molar-refractivity contribution in [3.8, 4) is 0 Å². The predicted octanol–water partition coefficient (Wildman–Crippen LogP) is 5.44. The first-order valence-corrected chi connectivity index (χ1v) is 11.4. The summed E-state index contributed by atoms with van der Waals surface area (Å²) in [5, 5.41) is 0. The monoisotopic (exact) mass is 451 g/mol. The maximum Gasteiger partial charge on any atom is 0.411 e. The van der Waals surface area contributed by atoms with E-state index in [9.17, 15) is 4.79 Å². The van der Waals surface area contributed by atoms with Crippen LogP contribution in [0.2, 0.25) is 0 Å². The minimum Gasteiger partial charge on any atom is -0.492 e. The van der Waals surface area contributed by atoms with Crippen molar-refractivity contribution in [2.45, 2.75) is 66.5 Å². The first-order valence-electron chi connectivity index (χ1n) is 10.9. The Hall–Kier alpha value is -2.08. The van der Waals surface area contributed by atoms with Gasteiger partial charge in [0.2, 0.25) is 0 Å². The summed E-state index contributed by atoms with van der Waals surface area (Å²) >= 11 is 5.57. The Morgan fingerprint density at radius 3 is 2.26 bits per heavy atom. The zero-order valence-corrected chi connectivity index (χ0v) is 20.9. The number of hydrogen-bond acceptors (Lipinski definition) is 5. The lowest BCUT2D eigenvalue weighted by molar-refractivity contribution is 0.0688. The molecule has 7 heteroatoms. The van der Waals surface area contributed by atoms with E-state index in [0.29, 0.717) is 25.7 Å². The fourth-order valence-corrected chi connectivity index (χ4v) is 4.15. The molecule has 1 heterocycles. The highest BCUT2D eigenvalue weighted by atomic mass is 35.5. The van der Waals surface area contributed by atoms with Gasteiger partial charge in [0.05, 0.1) is 18.5 Å². The number of methoxy groups -OCH3 is 1. The highest BCUT2D eigenvalue weighted by Gasteiger charge is 2.35. The summed E-state index contributed by atoms with van der Waals surface area (Å²) in [5.41, 5.74) is 5.47. The number of alkyl halides is 1. The molecule has 0 aromatic heterocycles. The molecule has 1 aliphatic heterocycles.